The van der Waals surface area contributed by atoms with Crippen LogP contribution in [0.25, 0.3) is 0 Å². The van der Waals surface area contributed by atoms with E-state index < -0.39 is 22.5 Å². The fourth-order valence-corrected chi connectivity index (χ4v) is 4.80. The van der Waals surface area contributed by atoms with Crippen LogP contribution in [0.1, 0.15) is 16.7 Å². The topological polar surface area (TPSA) is 97.3 Å². The summed E-state index contributed by atoms with van der Waals surface area (Å²) in [6.45, 7) is 3.27. The Morgan fingerprint density at radius 3 is 2.35 bits per heavy atom. The van der Waals surface area contributed by atoms with Gasteiger partial charge in [-0.1, -0.05) is 30.3 Å². The molecular formula is C25H27N3O5S. The number of rotatable bonds is 9. The number of nitrogens with zero attached hydrogens (tertiary/aromatic N) is 2. The second-order valence-corrected chi connectivity index (χ2v) is 9.31. The number of methoxy groups -OCH3 is 2. The third kappa shape index (κ3) is 5.55. The normalized spacial score (nSPS) is 11.3. The summed E-state index contributed by atoms with van der Waals surface area (Å²) in [4.78, 5) is 12.8. The highest BCUT2D eigenvalue weighted by Crippen LogP contribution is 2.29. The number of nitrogens with one attached hydrogen (secondary N) is 1. The van der Waals surface area contributed by atoms with E-state index in [0.717, 1.165) is 15.4 Å². The Hall–Kier alpha value is -3.85. The first-order valence-corrected chi connectivity index (χ1v) is 11.9. The van der Waals surface area contributed by atoms with Gasteiger partial charge in [-0.05, 0) is 66.9 Å². The van der Waals surface area contributed by atoms with Crippen molar-refractivity contribution in [3.63, 3.8) is 0 Å². The molecule has 0 saturated carbocycles. The number of aryl methyl sites for hydroxylation is 1. The molecule has 0 radical (unpaired) electrons. The Labute approximate surface area is 199 Å². The average molecular weight is 482 g/mol. The first-order chi connectivity index (χ1) is 16.3. The molecule has 178 valence electrons. The van der Waals surface area contributed by atoms with Crippen molar-refractivity contribution in [2.75, 3.05) is 25.1 Å². The van der Waals surface area contributed by atoms with E-state index in [-0.39, 0.29) is 4.90 Å². The third-order valence-electron chi connectivity index (χ3n) is 5.27. The van der Waals surface area contributed by atoms with E-state index in [4.69, 9.17) is 9.47 Å². The Bertz CT molecular complexity index is 1290. The fourth-order valence-electron chi connectivity index (χ4n) is 3.30. The van der Waals surface area contributed by atoms with Crippen LogP contribution in [0.3, 0.4) is 0 Å². The molecule has 3 rings (SSSR count). The van der Waals surface area contributed by atoms with Crippen molar-refractivity contribution in [3.05, 3.63) is 83.4 Å². The number of ether oxygens (including phenoxy) is 2. The van der Waals surface area contributed by atoms with E-state index in [1.807, 2.05) is 19.9 Å². The molecule has 0 bridgehead atoms. The molecule has 0 aliphatic rings. The zero-order chi connectivity index (χ0) is 24.7. The summed E-state index contributed by atoms with van der Waals surface area (Å²) in [6, 6.07) is 18.5. The smallest absolute Gasteiger partial charge is 0.264 e. The lowest BCUT2D eigenvalue weighted by molar-refractivity contribution is -0.119. The van der Waals surface area contributed by atoms with Crippen LogP contribution in [0, 0.1) is 13.8 Å². The molecule has 1 N–H and O–H groups in total. The molecule has 3 aromatic carbocycles. The SMILES string of the molecule is COc1ccc(/C=N\NC(=O)CN(c2cccc(C)c2C)S(=O)(=O)c2ccccc2)cc1OC. The number of carbonyl (C=O) groups is 1. The van der Waals surface area contributed by atoms with Gasteiger partial charge in [0.05, 0.1) is 31.0 Å². The van der Waals surface area contributed by atoms with Gasteiger partial charge in [0.2, 0.25) is 0 Å². The van der Waals surface area contributed by atoms with Crippen molar-refractivity contribution in [2.24, 2.45) is 5.10 Å². The Morgan fingerprint density at radius 2 is 1.68 bits per heavy atom. The molecular weight excluding hydrogens is 454 g/mol. The lowest BCUT2D eigenvalue weighted by Gasteiger charge is -2.26. The summed E-state index contributed by atoms with van der Waals surface area (Å²) >= 11 is 0. The summed E-state index contributed by atoms with van der Waals surface area (Å²) in [5, 5.41) is 3.97. The van der Waals surface area contributed by atoms with Gasteiger partial charge >= 0.3 is 0 Å². The Balaban J connectivity index is 1.85. The van der Waals surface area contributed by atoms with Crippen LogP contribution in [-0.2, 0) is 14.8 Å². The minimum Gasteiger partial charge on any atom is -0.493 e. The molecule has 0 aliphatic carbocycles. The van der Waals surface area contributed by atoms with Crippen LogP contribution in [0.2, 0.25) is 0 Å². The number of benzene rings is 3. The van der Waals surface area contributed by atoms with Crippen molar-refractivity contribution in [2.45, 2.75) is 18.7 Å². The van der Waals surface area contributed by atoms with Crippen molar-refractivity contribution >= 4 is 27.8 Å². The summed E-state index contributed by atoms with van der Waals surface area (Å²) in [7, 11) is -0.930. The summed E-state index contributed by atoms with van der Waals surface area (Å²) in [6.07, 6.45) is 1.44. The Morgan fingerprint density at radius 1 is 0.971 bits per heavy atom. The number of amides is 1. The lowest BCUT2D eigenvalue weighted by atomic mass is 10.1. The third-order valence-corrected chi connectivity index (χ3v) is 7.05. The largest absolute Gasteiger partial charge is 0.493 e. The van der Waals surface area contributed by atoms with Crippen molar-refractivity contribution in [1.82, 2.24) is 5.43 Å². The van der Waals surface area contributed by atoms with Gasteiger partial charge < -0.3 is 9.47 Å². The van der Waals surface area contributed by atoms with Crippen LogP contribution < -0.4 is 19.2 Å². The maximum absolute atomic E-state index is 13.4. The second-order valence-electron chi connectivity index (χ2n) is 7.45. The van der Waals surface area contributed by atoms with Crippen molar-refractivity contribution in [3.8, 4) is 11.5 Å². The molecule has 0 saturated heterocycles. The van der Waals surface area contributed by atoms with Gasteiger partial charge in [0.15, 0.2) is 11.5 Å². The number of hydrazone groups is 1. The predicted molar refractivity (Wildman–Crippen MR) is 132 cm³/mol. The molecule has 0 spiro atoms. The maximum atomic E-state index is 13.4. The van der Waals surface area contributed by atoms with E-state index in [9.17, 15) is 13.2 Å². The van der Waals surface area contributed by atoms with Gasteiger partial charge in [-0.15, -0.1) is 0 Å². The highest BCUT2D eigenvalue weighted by Gasteiger charge is 2.28. The van der Waals surface area contributed by atoms with E-state index >= 15 is 0 Å². The minimum absolute atomic E-state index is 0.0949. The Kier molecular flexibility index (Phi) is 7.91. The monoisotopic (exact) mass is 481 g/mol. The molecule has 3 aromatic rings. The van der Waals surface area contributed by atoms with E-state index in [2.05, 4.69) is 10.5 Å². The number of sulfonamides is 1. The zero-order valence-electron chi connectivity index (χ0n) is 19.5. The van der Waals surface area contributed by atoms with Crippen LogP contribution in [0.4, 0.5) is 5.69 Å². The molecule has 1 amide bonds. The fraction of sp³-hybridized carbons (Fsp3) is 0.200. The molecule has 34 heavy (non-hydrogen) atoms. The number of carbonyl (C=O) groups excluding carboxylic acids is 1. The average Bonchev–Trinajstić information content (AvgIpc) is 2.84. The van der Waals surface area contributed by atoms with Gasteiger partial charge in [0.1, 0.15) is 6.54 Å². The molecule has 0 fully saturated rings. The van der Waals surface area contributed by atoms with Crippen LogP contribution in [-0.4, -0.2) is 41.3 Å². The number of anilines is 1. The van der Waals surface area contributed by atoms with Crippen LogP contribution >= 0.6 is 0 Å². The highest BCUT2D eigenvalue weighted by atomic mass is 32.2. The van der Waals surface area contributed by atoms with E-state index in [1.165, 1.54) is 32.6 Å². The van der Waals surface area contributed by atoms with Gasteiger partial charge in [-0.3, -0.25) is 9.10 Å². The number of hydrogen-bond acceptors (Lipinski definition) is 6. The predicted octanol–water partition coefficient (Wildman–Crippen LogP) is 3.67. The molecule has 0 aliphatic heterocycles. The quantitative estimate of drug-likeness (QED) is 0.372. The first kappa shape index (κ1) is 24.8. The van der Waals surface area contributed by atoms with Gasteiger partial charge in [0, 0.05) is 0 Å². The van der Waals surface area contributed by atoms with Crippen LogP contribution in [0.15, 0.2) is 76.7 Å². The van der Waals surface area contributed by atoms with Crippen LogP contribution in [0.5, 0.6) is 11.5 Å². The molecule has 0 unspecified atom stereocenters. The molecule has 0 aromatic heterocycles. The molecule has 0 atom stereocenters. The molecule has 8 nitrogen and oxygen atoms in total. The second kappa shape index (κ2) is 10.8. The summed E-state index contributed by atoms with van der Waals surface area (Å²) in [5.74, 6) is 0.504. The number of hydrogen-bond donors (Lipinski definition) is 1. The zero-order valence-corrected chi connectivity index (χ0v) is 20.3. The van der Waals surface area contributed by atoms with Gasteiger partial charge in [0.25, 0.3) is 15.9 Å². The van der Waals surface area contributed by atoms with Crippen molar-refractivity contribution < 1.29 is 22.7 Å². The summed E-state index contributed by atoms with van der Waals surface area (Å²) < 4.78 is 38.4. The minimum atomic E-state index is -3.99. The molecule has 0 heterocycles. The van der Waals surface area contributed by atoms with Gasteiger partial charge in [-0.25, -0.2) is 13.8 Å². The van der Waals surface area contributed by atoms with E-state index in [0.29, 0.717) is 22.7 Å². The first-order valence-electron chi connectivity index (χ1n) is 10.5. The van der Waals surface area contributed by atoms with E-state index in [1.54, 1.807) is 48.5 Å². The maximum Gasteiger partial charge on any atom is 0.264 e. The lowest BCUT2D eigenvalue weighted by Crippen LogP contribution is -2.40. The highest BCUT2D eigenvalue weighted by molar-refractivity contribution is 7.92. The standard InChI is InChI=1S/C25H27N3O5S/c1-18-9-8-12-22(19(18)2)28(34(30,31)21-10-6-5-7-11-21)17-25(29)27-26-16-20-13-14-23(32-3)24(15-20)33-4/h5-16H,17H2,1-4H3,(H,27,29)/b26-16-. The summed E-state index contributed by atoms with van der Waals surface area (Å²) in [5.41, 5.74) is 5.19. The van der Waals surface area contributed by atoms with Gasteiger partial charge in [-0.2, -0.15) is 5.10 Å². The van der Waals surface area contributed by atoms with Crippen molar-refractivity contribution in [1.29, 1.82) is 0 Å². The molecule has 9 heteroatoms.